The third-order valence-electron chi connectivity index (χ3n) is 3.40. The number of halogens is 1. The monoisotopic (exact) mass is 298 g/mol. The minimum Gasteiger partial charge on any atom is -0.359 e. The zero-order valence-corrected chi connectivity index (χ0v) is 12.8. The number of nitrogens with one attached hydrogen (secondary N) is 1. The molecule has 0 saturated heterocycles. The number of ether oxygens (including phenoxy) is 1. The van der Waals surface area contributed by atoms with Gasteiger partial charge in [-0.15, -0.1) is 22.9 Å². The Balaban J connectivity index is 2.44. The summed E-state index contributed by atoms with van der Waals surface area (Å²) in [5.74, 6) is 0.715. The standard InChI is InChI=1S/C13H15ClN2O2S/c1-12(2)8-7-10(17)15-6(5-14)16-11(7)19-9(8)13(3,4)18-12/h5H2,1-4H3,(H,15,16,17). The molecule has 0 saturated carbocycles. The predicted octanol–water partition coefficient (Wildman–Crippen LogP) is 3.22. The topological polar surface area (TPSA) is 55.0 Å². The fraction of sp³-hybridized carbons (Fsp3) is 0.538. The third-order valence-corrected chi connectivity index (χ3v) is 5.04. The molecule has 1 aliphatic rings. The minimum absolute atomic E-state index is 0.132. The zero-order valence-electron chi connectivity index (χ0n) is 11.3. The second kappa shape index (κ2) is 3.81. The van der Waals surface area contributed by atoms with E-state index in [1.165, 1.54) is 11.3 Å². The Morgan fingerprint density at radius 3 is 2.63 bits per heavy atom. The van der Waals surface area contributed by atoms with Crippen LogP contribution in [0.1, 0.15) is 44.0 Å². The van der Waals surface area contributed by atoms with Crippen LogP contribution < -0.4 is 5.56 Å². The molecule has 3 heterocycles. The van der Waals surface area contributed by atoms with Crippen LogP contribution in [-0.2, 0) is 21.8 Å². The van der Waals surface area contributed by atoms with E-state index in [0.717, 1.165) is 15.3 Å². The van der Waals surface area contributed by atoms with Gasteiger partial charge in [0.1, 0.15) is 10.7 Å². The smallest absolute Gasteiger partial charge is 0.260 e. The molecular formula is C13H15ClN2O2S. The first-order valence-corrected chi connectivity index (χ1v) is 7.44. The number of fused-ring (bicyclic) bond motifs is 3. The summed E-state index contributed by atoms with van der Waals surface area (Å²) in [4.78, 5) is 21.3. The van der Waals surface area contributed by atoms with Crippen LogP contribution in [0.5, 0.6) is 0 Å². The van der Waals surface area contributed by atoms with Crippen molar-refractivity contribution in [3.05, 3.63) is 26.6 Å². The number of alkyl halides is 1. The van der Waals surface area contributed by atoms with Gasteiger partial charge in [-0.1, -0.05) is 0 Å². The highest BCUT2D eigenvalue weighted by molar-refractivity contribution is 7.19. The highest BCUT2D eigenvalue weighted by Crippen LogP contribution is 2.52. The van der Waals surface area contributed by atoms with Crippen molar-refractivity contribution in [1.29, 1.82) is 0 Å². The lowest BCUT2D eigenvalue weighted by atomic mass is 9.96. The first-order valence-electron chi connectivity index (χ1n) is 6.09. The van der Waals surface area contributed by atoms with Crippen LogP contribution in [-0.4, -0.2) is 9.97 Å². The lowest BCUT2D eigenvalue weighted by Gasteiger charge is -2.25. The fourth-order valence-electron chi connectivity index (χ4n) is 2.85. The van der Waals surface area contributed by atoms with Gasteiger partial charge in [0.25, 0.3) is 5.56 Å². The number of H-pyrrole nitrogens is 1. The molecule has 1 N–H and O–H groups in total. The largest absolute Gasteiger partial charge is 0.359 e. The molecule has 2 aromatic heterocycles. The lowest BCUT2D eigenvalue weighted by molar-refractivity contribution is -0.103. The molecule has 0 radical (unpaired) electrons. The van der Waals surface area contributed by atoms with E-state index in [0.29, 0.717) is 11.2 Å². The minimum atomic E-state index is -0.478. The van der Waals surface area contributed by atoms with Crippen molar-refractivity contribution >= 4 is 33.2 Å². The van der Waals surface area contributed by atoms with E-state index in [9.17, 15) is 4.79 Å². The van der Waals surface area contributed by atoms with Crippen LogP contribution in [0.25, 0.3) is 10.2 Å². The maximum Gasteiger partial charge on any atom is 0.260 e. The average molecular weight is 299 g/mol. The summed E-state index contributed by atoms with van der Waals surface area (Å²) in [6, 6.07) is 0. The molecule has 0 spiro atoms. The molecule has 0 aromatic carbocycles. The first kappa shape index (κ1) is 13.1. The van der Waals surface area contributed by atoms with E-state index in [2.05, 4.69) is 9.97 Å². The maximum absolute atomic E-state index is 12.3. The van der Waals surface area contributed by atoms with Gasteiger partial charge in [0, 0.05) is 10.4 Å². The second-order valence-electron chi connectivity index (χ2n) is 5.76. The van der Waals surface area contributed by atoms with Gasteiger partial charge < -0.3 is 9.72 Å². The SMILES string of the molecule is CC1(C)OC(C)(C)c2c1sc1nc(CCl)[nH]c(=O)c21. The molecule has 19 heavy (non-hydrogen) atoms. The Bertz CT molecular complexity index is 730. The van der Waals surface area contributed by atoms with Crippen LogP contribution in [0.15, 0.2) is 4.79 Å². The van der Waals surface area contributed by atoms with Gasteiger partial charge in [-0.2, -0.15) is 0 Å². The maximum atomic E-state index is 12.3. The van der Waals surface area contributed by atoms with Crippen LogP contribution in [0.3, 0.4) is 0 Å². The second-order valence-corrected chi connectivity index (χ2v) is 7.02. The van der Waals surface area contributed by atoms with Crippen molar-refractivity contribution in [3.8, 4) is 0 Å². The van der Waals surface area contributed by atoms with E-state index in [-0.39, 0.29) is 11.4 Å². The van der Waals surface area contributed by atoms with Crippen molar-refractivity contribution in [2.75, 3.05) is 0 Å². The van der Waals surface area contributed by atoms with Crippen LogP contribution in [0.2, 0.25) is 0 Å². The number of rotatable bonds is 1. The molecule has 4 nitrogen and oxygen atoms in total. The molecule has 0 bridgehead atoms. The molecule has 0 amide bonds. The summed E-state index contributed by atoms with van der Waals surface area (Å²) in [6.45, 7) is 8.02. The molecule has 102 valence electrons. The number of hydrogen-bond donors (Lipinski definition) is 1. The molecule has 3 rings (SSSR count). The van der Waals surface area contributed by atoms with Crippen molar-refractivity contribution < 1.29 is 4.74 Å². The van der Waals surface area contributed by atoms with Crippen LogP contribution >= 0.6 is 22.9 Å². The number of hydrogen-bond acceptors (Lipinski definition) is 4. The molecule has 1 aliphatic heterocycles. The number of thiophene rings is 1. The van der Waals surface area contributed by atoms with E-state index in [4.69, 9.17) is 16.3 Å². The van der Waals surface area contributed by atoms with Gasteiger partial charge >= 0.3 is 0 Å². The Morgan fingerprint density at radius 1 is 1.32 bits per heavy atom. The fourth-order valence-corrected chi connectivity index (χ4v) is 4.36. The Kier molecular flexibility index (Phi) is 2.62. The predicted molar refractivity (Wildman–Crippen MR) is 76.9 cm³/mol. The van der Waals surface area contributed by atoms with Gasteiger partial charge in [0.2, 0.25) is 0 Å². The van der Waals surface area contributed by atoms with Gasteiger partial charge in [-0.25, -0.2) is 4.98 Å². The molecule has 0 atom stereocenters. The number of aromatic amines is 1. The summed E-state index contributed by atoms with van der Waals surface area (Å²) in [6.07, 6.45) is 0. The lowest BCUT2D eigenvalue weighted by Crippen LogP contribution is -2.24. The summed E-state index contributed by atoms with van der Waals surface area (Å²) in [7, 11) is 0. The summed E-state index contributed by atoms with van der Waals surface area (Å²) < 4.78 is 6.07. The summed E-state index contributed by atoms with van der Waals surface area (Å²) >= 11 is 7.28. The quantitative estimate of drug-likeness (QED) is 0.822. The number of nitrogens with zero attached hydrogens (tertiary/aromatic N) is 1. The van der Waals surface area contributed by atoms with Crippen molar-refractivity contribution in [3.63, 3.8) is 0 Å². The molecule has 0 aliphatic carbocycles. The van der Waals surface area contributed by atoms with Gasteiger partial charge in [-0.3, -0.25) is 4.79 Å². The van der Waals surface area contributed by atoms with E-state index < -0.39 is 11.2 Å². The zero-order chi connectivity index (χ0) is 14.0. The Hall–Kier alpha value is -0.910. The van der Waals surface area contributed by atoms with Crippen LogP contribution in [0.4, 0.5) is 0 Å². The summed E-state index contributed by atoms with van der Waals surface area (Å²) in [5, 5.41) is 0.643. The van der Waals surface area contributed by atoms with Crippen molar-refractivity contribution in [2.24, 2.45) is 0 Å². The van der Waals surface area contributed by atoms with Gasteiger partial charge in [-0.05, 0) is 27.7 Å². The summed E-state index contributed by atoms with van der Waals surface area (Å²) in [5.41, 5.74) is -0.0358. The molecule has 0 unspecified atom stereocenters. The average Bonchev–Trinajstić information content (AvgIpc) is 2.75. The van der Waals surface area contributed by atoms with Crippen molar-refractivity contribution in [2.45, 2.75) is 44.8 Å². The third kappa shape index (κ3) is 1.75. The Labute approximate surface area is 119 Å². The molecule has 0 fully saturated rings. The van der Waals surface area contributed by atoms with E-state index in [1.807, 2.05) is 27.7 Å². The molecule has 6 heteroatoms. The number of aromatic nitrogens is 2. The molecule has 2 aromatic rings. The highest BCUT2D eigenvalue weighted by Gasteiger charge is 2.46. The molecular weight excluding hydrogens is 284 g/mol. The van der Waals surface area contributed by atoms with Gasteiger partial charge in [0.15, 0.2) is 0 Å². The van der Waals surface area contributed by atoms with Crippen LogP contribution in [0, 0.1) is 0 Å². The van der Waals surface area contributed by atoms with Crippen molar-refractivity contribution in [1.82, 2.24) is 9.97 Å². The Morgan fingerprint density at radius 2 is 2.00 bits per heavy atom. The van der Waals surface area contributed by atoms with E-state index in [1.54, 1.807) is 0 Å². The highest BCUT2D eigenvalue weighted by atomic mass is 35.5. The van der Waals surface area contributed by atoms with Gasteiger partial charge in [0.05, 0.1) is 22.5 Å². The van der Waals surface area contributed by atoms with E-state index >= 15 is 0 Å². The first-order chi connectivity index (χ1) is 8.76. The normalized spacial score (nSPS) is 19.8.